The molecule has 1 unspecified atom stereocenters. The first-order valence-electron chi connectivity index (χ1n) is 5.60. The lowest BCUT2D eigenvalue weighted by molar-refractivity contribution is 0.0876. The van der Waals surface area contributed by atoms with Crippen LogP contribution in [0.5, 0.6) is 0 Å². The number of anilines is 1. The van der Waals surface area contributed by atoms with Gasteiger partial charge in [0.1, 0.15) is 0 Å². The van der Waals surface area contributed by atoms with Crippen LogP contribution < -0.4 is 11.1 Å². The lowest BCUT2D eigenvalue weighted by Crippen LogP contribution is -2.29. The summed E-state index contributed by atoms with van der Waals surface area (Å²) in [6.07, 6.45) is 2.14. The number of carbonyl (C=O) groups is 1. The van der Waals surface area contributed by atoms with Gasteiger partial charge < -0.3 is 15.8 Å². The summed E-state index contributed by atoms with van der Waals surface area (Å²) in [6.45, 7) is 1.54. The molecule has 0 bridgehead atoms. The summed E-state index contributed by atoms with van der Waals surface area (Å²) in [5.74, 6) is -0.512. The van der Waals surface area contributed by atoms with Gasteiger partial charge in [-0.15, -0.1) is 0 Å². The highest BCUT2D eigenvalue weighted by Gasteiger charge is 2.14. The molecule has 1 heterocycles. The molecular formula is C12H15ClN2O2. The van der Waals surface area contributed by atoms with Crippen molar-refractivity contribution in [1.82, 2.24) is 0 Å². The van der Waals surface area contributed by atoms with Gasteiger partial charge in [-0.1, -0.05) is 11.6 Å². The summed E-state index contributed by atoms with van der Waals surface area (Å²) in [5.41, 5.74) is 6.41. The Labute approximate surface area is 105 Å². The van der Waals surface area contributed by atoms with E-state index >= 15 is 0 Å². The van der Waals surface area contributed by atoms with Gasteiger partial charge in [0.05, 0.1) is 17.2 Å². The molecule has 0 aromatic heterocycles. The van der Waals surface area contributed by atoms with Crippen molar-refractivity contribution in [2.45, 2.75) is 18.9 Å². The predicted molar refractivity (Wildman–Crippen MR) is 67.4 cm³/mol. The second-order valence-corrected chi connectivity index (χ2v) is 4.52. The van der Waals surface area contributed by atoms with Crippen LogP contribution in [-0.4, -0.2) is 25.2 Å². The zero-order valence-corrected chi connectivity index (χ0v) is 10.2. The van der Waals surface area contributed by atoms with Crippen molar-refractivity contribution in [3.8, 4) is 0 Å². The fourth-order valence-corrected chi connectivity index (χ4v) is 2.17. The van der Waals surface area contributed by atoms with Crippen molar-refractivity contribution in [2.75, 3.05) is 18.5 Å². The Morgan fingerprint density at radius 1 is 1.53 bits per heavy atom. The van der Waals surface area contributed by atoms with E-state index in [1.807, 2.05) is 0 Å². The molecule has 3 N–H and O–H groups in total. The van der Waals surface area contributed by atoms with Gasteiger partial charge in [-0.05, 0) is 31.0 Å². The molecule has 92 valence electrons. The number of nitrogens with one attached hydrogen (secondary N) is 1. The minimum absolute atomic E-state index is 0.305. The molecule has 5 heteroatoms. The summed E-state index contributed by atoms with van der Waals surface area (Å²) in [7, 11) is 0. The number of halogens is 1. The van der Waals surface area contributed by atoms with E-state index in [2.05, 4.69) is 5.32 Å². The first-order chi connectivity index (χ1) is 8.16. The minimum Gasteiger partial charge on any atom is -0.380 e. The maximum atomic E-state index is 11.0. The van der Waals surface area contributed by atoms with Gasteiger partial charge in [0.25, 0.3) is 0 Å². The minimum atomic E-state index is -0.512. The third kappa shape index (κ3) is 3.11. The quantitative estimate of drug-likeness (QED) is 0.868. The van der Waals surface area contributed by atoms with Crippen molar-refractivity contribution in [2.24, 2.45) is 5.73 Å². The Kier molecular flexibility index (Phi) is 3.86. The number of carbonyl (C=O) groups excluding carboxylic acids is 1. The molecule has 1 saturated heterocycles. The number of rotatable bonds is 3. The van der Waals surface area contributed by atoms with Gasteiger partial charge >= 0.3 is 0 Å². The number of hydrogen-bond acceptors (Lipinski definition) is 3. The number of hydrogen-bond donors (Lipinski definition) is 2. The van der Waals surface area contributed by atoms with Crippen LogP contribution in [0.15, 0.2) is 18.2 Å². The first kappa shape index (κ1) is 12.2. The van der Waals surface area contributed by atoms with E-state index in [-0.39, 0.29) is 0 Å². The highest BCUT2D eigenvalue weighted by atomic mass is 35.5. The smallest absolute Gasteiger partial charge is 0.250 e. The number of nitrogens with two attached hydrogens (primary N) is 1. The van der Waals surface area contributed by atoms with E-state index in [1.165, 1.54) is 0 Å². The molecule has 1 aromatic carbocycles. The third-order valence-corrected chi connectivity index (χ3v) is 3.08. The van der Waals surface area contributed by atoms with Gasteiger partial charge in [-0.2, -0.15) is 0 Å². The average molecular weight is 255 g/mol. The van der Waals surface area contributed by atoms with E-state index in [0.29, 0.717) is 23.2 Å². The van der Waals surface area contributed by atoms with E-state index < -0.39 is 5.91 Å². The lowest BCUT2D eigenvalue weighted by Gasteiger charge is -2.24. The van der Waals surface area contributed by atoms with Gasteiger partial charge in [0, 0.05) is 18.3 Å². The van der Waals surface area contributed by atoms with E-state index in [0.717, 1.165) is 25.1 Å². The maximum absolute atomic E-state index is 11.0. The summed E-state index contributed by atoms with van der Waals surface area (Å²) in [4.78, 5) is 11.0. The molecule has 1 atom stereocenters. The third-order valence-electron chi connectivity index (χ3n) is 2.77. The molecule has 1 amide bonds. The fourth-order valence-electron chi connectivity index (χ4n) is 1.89. The fraction of sp³-hybridized carbons (Fsp3) is 0.417. The molecule has 0 saturated carbocycles. The summed E-state index contributed by atoms with van der Waals surface area (Å²) >= 11 is 5.97. The standard InChI is InChI=1S/C12H15ClN2O2/c13-11-6-8(3-4-10(11)12(14)16)15-9-2-1-5-17-7-9/h3-4,6,9,15H,1-2,5,7H2,(H2,14,16). The summed E-state index contributed by atoms with van der Waals surface area (Å²) < 4.78 is 5.38. The van der Waals surface area contributed by atoms with Crippen LogP contribution in [0.2, 0.25) is 5.02 Å². The van der Waals surface area contributed by atoms with Crippen LogP contribution >= 0.6 is 11.6 Å². The number of amides is 1. The second kappa shape index (κ2) is 5.38. The molecule has 1 fully saturated rings. The molecule has 17 heavy (non-hydrogen) atoms. The van der Waals surface area contributed by atoms with Gasteiger partial charge in [-0.3, -0.25) is 4.79 Å². The molecule has 2 rings (SSSR count). The molecule has 1 aliphatic heterocycles. The van der Waals surface area contributed by atoms with E-state index in [4.69, 9.17) is 22.1 Å². The summed E-state index contributed by atoms with van der Waals surface area (Å²) in [6, 6.07) is 5.47. The molecular weight excluding hydrogens is 240 g/mol. The number of benzene rings is 1. The van der Waals surface area contributed by atoms with Crippen LogP contribution in [0.25, 0.3) is 0 Å². The van der Waals surface area contributed by atoms with Crippen LogP contribution in [-0.2, 0) is 4.74 Å². The maximum Gasteiger partial charge on any atom is 0.250 e. The Morgan fingerprint density at radius 3 is 2.94 bits per heavy atom. The van der Waals surface area contributed by atoms with Crippen molar-refractivity contribution < 1.29 is 9.53 Å². The largest absolute Gasteiger partial charge is 0.380 e. The lowest BCUT2D eigenvalue weighted by atomic mass is 10.1. The predicted octanol–water partition coefficient (Wildman–Crippen LogP) is 2.03. The normalized spacial score (nSPS) is 19.9. The monoisotopic (exact) mass is 254 g/mol. The molecule has 0 aliphatic carbocycles. The Balaban J connectivity index is 2.06. The van der Waals surface area contributed by atoms with Crippen molar-refractivity contribution in [1.29, 1.82) is 0 Å². The van der Waals surface area contributed by atoms with Crippen molar-refractivity contribution >= 4 is 23.2 Å². The SMILES string of the molecule is NC(=O)c1ccc(NC2CCCOC2)cc1Cl. The Morgan fingerprint density at radius 2 is 2.35 bits per heavy atom. The molecule has 0 spiro atoms. The van der Waals surface area contributed by atoms with E-state index in [9.17, 15) is 4.79 Å². The number of primary amides is 1. The molecule has 4 nitrogen and oxygen atoms in total. The van der Waals surface area contributed by atoms with Crippen LogP contribution in [0.4, 0.5) is 5.69 Å². The number of ether oxygens (including phenoxy) is 1. The highest BCUT2D eigenvalue weighted by molar-refractivity contribution is 6.34. The van der Waals surface area contributed by atoms with Gasteiger partial charge in [-0.25, -0.2) is 0 Å². The average Bonchev–Trinajstić information content (AvgIpc) is 2.30. The zero-order chi connectivity index (χ0) is 12.3. The Hall–Kier alpha value is -1.26. The zero-order valence-electron chi connectivity index (χ0n) is 9.41. The van der Waals surface area contributed by atoms with Crippen molar-refractivity contribution in [3.05, 3.63) is 28.8 Å². The Bertz CT molecular complexity index is 417. The van der Waals surface area contributed by atoms with Crippen molar-refractivity contribution in [3.63, 3.8) is 0 Å². The van der Waals surface area contributed by atoms with E-state index in [1.54, 1.807) is 18.2 Å². The van der Waals surface area contributed by atoms with Crippen LogP contribution in [0.3, 0.4) is 0 Å². The topological polar surface area (TPSA) is 64.4 Å². The first-order valence-corrected chi connectivity index (χ1v) is 5.98. The molecule has 1 aliphatic rings. The van der Waals surface area contributed by atoms with Gasteiger partial charge in [0.15, 0.2) is 0 Å². The molecule has 1 aromatic rings. The summed E-state index contributed by atoms with van der Waals surface area (Å²) in [5, 5.41) is 3.70. The van der Waals surface area contributed by atoms with Gasteiger partial charge in [0.2, 0.25) is 5.91 Å². The molecule has 0 radical (unpaired) electrons. The van der Waals surface area contributed by atoms with Crippen LogP contribution in [0, 0.1) is 0 Å². The second-order valence-electron chi connectivity index (χ2n) is 4.12. The van der Waals surface area contributed by atoms with Crippen LogP contribution in [0.1, 0.15) is 23.2 Å². The highest BCUT2D eigenvalue weighted by Crippen LogP contribution is 2.22.